The summed E-state index contributed by atoms with van der Waals surface area (Å²) in [5.41, 5.74) is 3.47. The predicted octanol–water partition coefficient (Wildman–Crippen LogP) is 4.77. The maximum Gasteiger partial charge on any atom is 0.255 e. The van der Waals surface area contributed by atoms with Gasteiger partial charge in [0.15, 0.2) is 0 Å². The first kappa shape index (κ1) is 29.9. The Balaban J connectivity index is 1.51. The number of amides is 2. The van der Waals surface area contributed by atoms with E-state index in [1.807, 2.05) is 18.2 Å². The minimum atomic E-state index is -3.74. The number of sulfonamides is 1. The van der Waals surface area contributed by atoms with Crippen LogP contribution >= 0.6 is 0 Å². The quantitative estimate of drug-likeness (QED) is 0.243. The van der Waals surface area contributed by atoms with E-state index in [-0.39, 0.29) is 18.0 Å². The lowest BCUT2D eigenvalue weighted by atomic mass is 9.99. The molecule has 0 bridgehead atoms. The minimum absolute atomic E-state index is 0.124. The van der Waals surface area contributed by atoms with Crippen LogP contribution in [-0.4, -0.2) is 54.7 Å². The van der Waals surface area contributed by atoms with Gasteiger partial charge in [0.2, 0.25) is 10.0 Å². The van der Waals surface area contributed by atoms with Gasteiger partial charge in [0.05, 0.1) is 40.5 Å². The van der Waals surface area contributed by atoms with E-state index in [1.165, 1.54) is 40.1 Å². The minimum Gasteiger partial charge on any atom is -0.355 e. The van der Waals surface area contributed by atoms with Gasteiger partial charge in [-0.15, -0.1) is 0 Å². The van der Waals surface area contributed by atoms with Crippen molar-refractivity contribution in [3.8, 4) is 22.4 Å². The van der Waals surface area contributed by atoms with Crippen molar-refractivity contribution in [3.63, 3.8) is 0 Å². The smallest absolute Gasteiger partial charge is 0.255 e. The van der Waals surface area contributed by atoms with Crippen LogP contribution in [0.1, 0.15) is 46.2 Å². The number of hydrogen-bond donors (Lipinski definition) is 2. The first-order chi connectivity index (χ1) is 21.5. The highest BCUT2D eigenvalue weighted by molar-refractivity contribution is 7.92. The first-order valence-corrected chi connectivity index (χ1v) is 16.3. The monoisotopic (exact) mass is 626 g/mol. The summed E-state index contributed by atoms with van der Waals surface area (Å²) in [6.45, 7) is 1.84. The predicted molar refractivity (Wildman–Crippen MR) is 170 cm³/mol. The molecule has 1 fully saturated rings. The van der Waals surface area contributed by atoms with Gasteiger partial charge in [0, 0.05) is 36.5 Å². The van der Waals surface area contributed by atoms with E-state index >= 15 is 0 Å². The summed E-state index contributed by atoms with van der Waals surface area (Å²) in [4.78, 5) is 31.2. The Morgan fingerprint density at radius 2 is 1.76 bits per heavy atom. The number of carbonyl (C=O) groups is 2. The van der Waals surface area contributed by atoms with Gasteiger partial charge in [-0.3, -0.25) is 18.9 Å². The molecule has 1 aliphatic carbocycles. The molecule has 0 unspecified atom stereocenters. The summed E-state index contributed by atoms with van der Waals surface area (Å²) >= 11 is 0. The van der Waals surface area contributed by atoms with Crippen molar-refractivity contribution in [2.45, 2.75) is 25.3 Å². The van der Waals surface area contributed by atoms with Crippen LogP contribution in [0.3, 0.4) is 0 Å². The molecular formula is C33H31FN6O4S. The normalized spacial score (nSPS) is 13.8. The van der Waals surface area contributed by atoms with Crippen molar-refractivity contribution in [3.05, 3.63) is 108 Å². The Morgan fingerprint density at radius 1 is 1.00 bits per heavy atom. The number of rotatable bonds is 9. The Morgan fingerprint density at radius 3 is 2.38 bits per heavy atom. The highest BCUT2D eigenvalue weighted by Crippen LogP contribution is 2.45. The average Bonchev–Trinajstić information content (AvgIpc) is 3.72. The molecule has 10 nitrogen and oxygen atoms in total. The number of fused-ring (bicyclic) bond motifs is 1. The Labute approximate surface area is 260 Å². The topological polar surface area (TPSA) is 126 Å². The number of anilines is 1. The molecule has 2 amide bonds. The molecule has 230 valence electrons. The molecule has 3 aromatic heterocycles. The third-order valence-electron chi connectivity index (χ3n) is 7.97. The second-order valence-corrected chi connectivity index (χ2v) is 12.9. The van der Waals surface area contributed by atoms with Gasteiger partial charge >= 0.3 is 0 Å². The van der Waals surface area contributed by atoms with Crippen molar-refractivity contribution in [2.75, 3.05) is 24.2 Å². The van der Waals surface area contributed by atoms with Gasteiger partial charge in [-0.05, 0) is 79.9 Å². The lowest BCUT2D eigenvalue weighted by molar-refractivity contribution is 0.0928. The molecule has 45 heavy (non-hydrogen) atoms. The van der Waals surface area contributed by atoms with E-state index in [0.29, 0.717) is 39.2 Å². The molecule has 6 rings (SSSR count). The number of hydrogen-bond acceptors (Lipinski definition) is 6. The third kappa shape index (κ3) is 5.64. The van der Waals surface area contributed by atoms with Gasteiger partial charge in [-0.25, -0.2) is 17.3 Å². The van der Waals surface area contributed by atoms with Crippen molar-refractivity contribution >= 4 is 33.0 Å². The van der Waals surface area contributed by atoms with Crippen molar-refractivity contribution < 1.29 is 22.4 Å². The second-order valence-electron chi connectivity index (χ2n) is 11.0. The number of benzene rings is 2. The van der Waals surface area contributed by atoms with Gasteiger partial charge in [-0.1, -0.05) is 18.2 Å². The number of nitrogens with one attached hydrogen (secondary N) is 2. The van der Waals surface area contributed by atoms with Crippen molar-refractivity contribution in [2.24, 2.45) is 0 Å². The highest BCUT2D eigenvalue weighted by Gasteiger charge is 2.47. The molecule has 0 saturated heterocycles. The number of nitrogens with zero attached hydrogens (tertiary/aromatic N) is 4. The fraction of sp³-hybridized carbons (Fsp3) is 0.212. The average molecular weight is 627 g/mol. The summed E-state index contributed by atoms with van der Waals surface area (Å²) in [5, 5.41) is 10.4. The Bertz CT molecular complexity index is 2040. The molecule has 12 heteroatoms. The molecule has 2 aromatic carbocycles. The van der Waals surface area contributed by atoms with Gasteiger partial charge in [0.25, 0.3) is 11.8 Å². The lowest BCUT2D eigenvalue weighted by Gasteiger charge is -2.24. The number of pyridine rings is 2. The standard InChI is InChI=1S/C33H31FN6O4S/c1-4-40(45(3,43)44)27-20-39-26(29(32(42)35-2)30(38-39)21-11-13-24(34)14-12-21)19-25(27)22-8-7-9-23(18-22)31(41)37-33(15-16-33)28-10-5-6-17-36-28/h5-14,17-20H,4,15-16H2,1-3H3,(H,35,42)(H,37,41). The fourth-order valence-electron chi connectivity index (χ4n) is 5.59. The summed E-state index contributed by atoms with van der Waals surface area (Å²) in [6.07, 6.45) is 5.92. The first-order valence-electron chi connectivity index (χ1n) is 14.4. The van der Waals surface area contributed by atoms with E-state index in [1.54, 1.807) is 49.6 Å². The Kier molecular flexibility index (Phi) is 7.61. The molecule has 0 spiro atoms. The van der Waals surface area contributed by atoms with Gasteiger partial charge < -0.3 is 10.6 Å². The number of aromatic nitrogens is 3. The van der Waals surface area contributed by atoms with Crippen LogP contribution in [0.5, 0.6) is 0 Å². The highest BCUT2D eigenvalue weighted by atomic mass is 32.2. The fourth-order valence-corrected chi connectivity index (χ4v) is 6.56. The van der Waals surface area contributed by atoms with E-state index in [0.717, 1.165) is 24.8 Å². The molecule has 5 aromatic rings. The SMILES string of the molecule is CCN(c1cn2nc(-c3ccc(F)cc3)c(C(=O)NC)c2cc1-c1cccc(C(=O)NC2(c3ccccn3)CC2)c1)S(C)(=O)=O. The van der Waals surface area contributed by atoms with E-state index in [9.17, 15) is 22.4 Å². The Hall–Kier alpha value is -5.10. The third-order valence-corrected chi connectivity index (χ3v) is 9.23. The zero-order valence-electron chi connectivity index (χ0n) is 24.9. The van der Waals surface area contributed by atoms with Crippen LogP contribution in [0.4, 0.5) is 10.1 Å². The summed E-state index contributed by atoms with van der Waals surface area (Å²) < 4.78 is 42.4. The summed E-state index contributed by atoms with van der Waals surface area (Å²) in [5.74, 6) is -1.14. The van der Waals surface area contributed by atoms with Crippen LogP contribution in [0, 0.1) is 5.82 Å². The van der Waals surface area contributed by atoms with E-state index in [4.69, 9.17) is 0 Å². The van der Waals surface area contributed by atoms with Crippen LogP contribution in [0.2, 0.25) is 0 Å². The molecule has 1 aliphatic rings. The maximum atomic E-state index is 13.7. The molecule has 0 aliphatic heterocycles. The number of halogens is 1. The van der Waals surface area contributed by atoms with Gasteiger partial charge in [-0.2, -0.15) is 5.10 Å². The zero-order valence-corrected chi connectivity index (χ0v) is 25.7. The van der Waals surface area contributed by atoms with Crippen LogP contribution in [0.25, 0.3) is 27.9 Å². The molecule has 3 heterocycles. The molecule has 1 saturated carbocycles. The van der Waals surface area contributed by atoms with Gasteiger partial charge in [0.1, 0.15) is 11.5 Å². The summed E-state index contributed by atoms with van der Waals surface area (Å²) in [6, 6.07) is 19.8. The van der Waals surface area contributed by atoms with Crippen LogP contribution in [0.15, 0.2) is 85.2 Å². The molecular weight excluding hydrogens is 595 g/mol. The van der Waals surface area contributed by atoms with E-state index < -0.39 is 27.3 Å². The second kappa shape index (κ2) is 11.4. The molecule has 0 atom stereocenters. The maximum absolute atomic E-state index is 13.7. The molecule has 0 radical (unpaired) electrons. The van der Waals surface area contributed by atoms with Crippen LogP contribution in [-0.2, 0) is 15.6 Å². The van der Waals surface area contributed by atoms with Crippen molar-refractivity contribution in [1.82, 2.24) is 25.2 Å². The van der Waals surface area contributed by atoms with Crippen molar-refractivity contribution in [1.29, 1.82) is 0 Å². The van der Waals surface area contributed by atoms with E-state index in [2.05, 4.69) is 20.7 Å². The van der Waals surface area contributed by atoms with Crippen LogP contribution < -0.4 is 14.9 Å². The zero-order chi connectivity index (χ0) is 31.9. The largest absolute Gasteiger partial charge is 0.355 e. The molecule has 2 N–H and O–H groups in total. The lowest BCUT2D eigenvalue weighted by Crippen LogP contribution is -2.35. The number of carbonyl (C=O) groups excluding carboxylic acids is 2. The summed E-state index contributed by atoms with van der Waals surface area (Å²) in [7, 11) is -2.24.